The summed E-state index contributed by atoms with van der Waals surface area (Å²) in [6.07, 6.45) is -4.81. The van der Waals surface area contributed by atoms with E-state index in [2.05, 4.69) is 0 Å². The number of alkyl halides is 3. The molecule has 0 bridgehead atoms. The van der Waals surface area contributed by atoms with E-state index < -0.39 is 17.9 Å². The Morgan fingerprint density at radius 1 is 1.09 bits per heavy atom. The molecule has 0 aromatic heterocycles. The summed E-state index contributed by atoms with van der Waals surface area (Å²) in [5, 5.41) is 0. The molecule has 6 heteroatoms. The Morgan fingerprint density at radius 2 is 1.78 bits per heavy atom. The number of hydrogen-bond acceptors (Lipinski definition) is 3. The summed E-state index contributed by atoms with van der Waals surface area (Å²) in [4.78, 5) is 13.2. The zero-order valence-corrected chi connectivity index (χ0v) is 12.5. The summed E-state index contributed by atoms with van der Waals surface area (Å²) < 4.78 is 47.0. The number of anilines is 1. The smallest absolute Gasteiger partial charge is 0.421 e. The highest BCUT2D eigenvalue weighted by atomic mass is 19.4. The van der Waals surface area contributed by atoms with Crippen molar-refractivity contribution < 1.29 is 22.7 Å². The Morgan fingerprint density at radius 3 is 2.43 bits per heavy atom. The molecule has 0 aliphatic carbocycles. The van der Waals surface area contributed by atoms with Crippen molar-refractivity contribution in [2.24, 2.45) is 0 Å². The van der Waals surface area contributed by atoms with Crippen molar-refractivity contribution in [2.45, 2.75) is 18.8 Å². The van der Waals surface area contributed by atoms with Crippen molar-refractivity contribution in [1.29, 1.82) is 0 Å². The van der Waals surface area contributed by atoms with Crippen LogP contribution in [0.3, 0.4) is 0 Å². The lowest BCUT2D eigenvalue weighted by Crippen LogP contribution is -2.60. The molecule has 23 heavy (non-hydrogen) atoms. The van der Waals surface area contributed by atoms with Gasteiger partial charge in [-0.3, -0.25) is 0 Å². The van der Waals surface area contributed by atoms with Gasteiger partial charge in [-0.05, 0) is 25.1 Å². The van der Waals surface area contributed by atoms with Crippen LogP contribution >= 0.6 is 0 Å². The van der Waals surface area contributed by atoms with Crippen molar-refractivity contribution in [3.8, 4) is 0 Å². The number of rotatable bonds is 1. The van der Waals surface area contributed by atoms with E-state index in [1.165, 1.54) is 37.4 Å². The zero-order chi connectivity index (χ0) is 16.8. The summed E-state index contributed by atoms with van der Waals surface area (Å²) in [5.74, 6) is -0.988. The van der Waals surface area contributed by atoms with Gasteiger partial charge >= 0.3 is 17.9 Å². The van der Waals surface area contributed by atoms with Crippen LogP contribution in [-0.2, 0) is 10.5 Å². The second kappa shape index (κ2) is 5.01. The summed E-state index contributed by atoms with van der Waals surface area (Å²) in [5.41, 5.74) is -2.03. The fourth-order valence-corrected chi connectivity index (χ4v) is 2.89. The number of esters is 1. The van der Waals surface area contributed by atoms with E-state index in [0.717, 1.165) is 4.90 Å². The number of halogens is 3. The van der Waals surface area contributed by atoms with Gasteiger partial charge < -0.3 is 9.64 Å². The highest BCUT2D eigenvalue weighted by Crippen LogP contribution is 2.50. The quantitative estimate of drug-likeness (QED) is 0.743. The van der Waals surface area contributed by atoms with Gasteiger partial charge in [-0.15, -0.1) is 0 Å². The second-order valence-electron chi connectivity index (χ2n) is 5.48. The molecule has 1 aliphatic heterocycles. The van der Waals surface area contributed by atoms with Gasteiger partial charge in [0.2, 0.25) is 0 Å². The first-order valence-corrected chi connectivity index (χ1v) is 6.97. The van der Waals surface area contributed by atoms with Crippen LogP contribution in [-0.4, -0.2) is 19.2 Å². The first-order chi connectivity index (χ1) is 10.8. The Balaban J connectivity index is 2.29. The van der Waals surface area contributed by atoms with Crippen molar-refractivity contribution in [1.82, 2.24) is 0 Å². The maximum Gasteiger partial charge on any atom is 0.453 e. The van der Waals surface area contributed by atoms with Crippen molar-refractivity contribution >= 4 is 11.7 Å². The van der Waals surface area contributed by atoms with Crippen molar-refractivity contribution in [3.05, 3.63) is 65.2 Å². The van der Waals surface area contributed by atoms with Gasteiger partial charge in [0.15, 0.2) is 0 Å². The topological polar surface area (TPSA) is 29.5 Å². The van der Waals surface area contributed by atoms with Gasteiger partial charge in [-0.2, -0.15) is 13.2 Å². The number of hydrogen-bond donors (Lipinski definition) is 0. The molecule has 2 aromatic carbocycles. The van der Waals surface area contributed by atoms with Crippen LogP contribution in [0.2, 0.25) is 0 Å². The average molecular weight is 321 g/mol. The summed E-state index contributed by atoms with van der Waals surface area (Å²) >= 11 is 0. The maximum absolute atomic E-state index is 14.0. The van der Waals surface area contributed by atoms with Crippen LogP contribution in [0.5, 0.6) is 0 Å². The number of aryl methyl sites for hydroxylation is 1. The van der Waals surface area contributed by atoms with E-state index >= 15 is 0 Å². The number of carbonyl (C=O) groups is 1. The SMILES string of the molecule is Cc1cccc([C@@]2(C(F)(F)F)OC(=O)c3ccccc3N2C)c1. The summed E-state index contributed by atoms with van der Waals surface area (Å²) in [6, 6.07) is 12.0. The van der Waals surface area contributed by atoms with Gasteiger partial charge in [0.05, 0.1) is 11.3 Å². The third kappa shape index (κ3) is 2.17. The molecule has 1 atom stereocenters. The Hall–Kier alpha value is -2.50. The van der Waals surface area contributed by atoms with Gasteiger partial charge in [-0.25, -0.2) is 4.79 Å². The van der Waals surface area contributed by atoms with E-state index in [4.69, 9.17) is 4.74 Å². The molecule has 0 amide bonds. The van der Waals surface area contributed by atoms with E-state index in [-0.39, 0.29) is 16.8 Å². The number of ether oxygens (including phenoxy) is 1. The summed E-state index contributed by atoms with van der Waals surface area (Å²) in [6.45, 7) is 1.69. The molecule has 3 nitrogen and oxygen atoms in total. The lowest BCUT2D eigenvalue weighted by atomic mass is 9.95. The van der Waals surface area contributed by atoms with Crippen LogP contribution in [0.1, 0.15) is 21.5 Å². The van der Waals surface area contributed by atoms with Crippen molar-refractivity contribution in [3.63, 3.8) is 0 Å². The minimum atomic E-state index is -4.81. The number of carbonyl (C=O) groups excluding carboxylic acids is 1. The van der Waals surface area contributed by atoms with Crippen LogP contribution in [0, 0.1) is 6.92 Å². The molecular formula is C17H14F3NO2. The predicted molar refractivity (Wildman–Crippen MR) is 79.2 cm³/mol. The zero-order valence-electron chi connectivity index (χ0n) is 12.5. The molecule has 2 aromatic rings. The monoisotopic (exact) mass is 321 g/mol. The minimum absolute atomic E-state index is 0.113. The van der Waals surface area contributed by atoms with Crippen LogP contribution in [0.4, 0.5) is 18.9 Å². The molecule has 3 rings (SSSR count). The number of benzene rings is 2. The first kappa shape index (κ1) is 15.4. The molecule has 0 N–H and O–H groups in total. The number of fused-ring (bicyclic) bond motifs is 1. The normalized spacial score (nSPS) is 20.9. The minimum Gasteiger partial charge on any atom is -0.421 e. The fraction of sp³-hybridized carbons (Fsp3) is 0.235. The lowest BCUT2D eigenvalue weighted by Gasteiger charge is -2.46. The molecule has 0 fully saturated rings. The Bertz CT molecular complexity index is 772. The molecule has 120 valence electrons. The third-order valence-electron chi connectivity index (χ3n) is 3.99. The van der Waals surface area contributed by atoms with E-state index in [1.54, 1.807) is 25.1 Å². The van der Waals surface area contributed by atoms with Crippen LogP contribution in [0.25, 0.3) is 0 Å². The van der Waals surface area contributed by atoms with Gasteiger partial charge in [0.1, 0.15) is 0 Å². The van der Waals surface area contributed by atoms with E-state index in [0.29, 0.717) is 5.56 Å². The van der Waals surface area contributed by atoms with Crippen LogP contribution in [0.15, 0.2) is 48.5 Å². The van der Waals surface area contributed by atoms with Gasteiger partial charge in [-0.1, -0.05) is 35.9 Å². The number of nitrogens with zero attached hydrogens (tertiary/aromatic N) is 1. The third-order valence-corrected chi connectivity index (χ3v) is 3.99. The largest absolute Gasteiger partial charge is 0.453 e. The molecular weight excluding hydrogens is 307 g/mol. The molecule has 1 heterocycles. The second-order valence-corrected chi connectivity index (χ2v) is 5.48. The number of para-hydroxylation sites is 1. The molecule has 0 saturated heterocycles. The molecule has 0 unspecified atom stereocenters. The molecule has 1 aliphatic rings. The van der Waals surface area contributed by atoms with Crippen molar-refractivity contribution in [2.75, 3.05) is 11.9 Å². The number of cyclic esters (lactones) is 1. The van der Waals surface area contributed by atoms with Gasteiger partial charge in [0, 0.05) is 12.6 Å². The Labute approximate surface area is 131 Å². The fourth-order valence-electron chi connectivity index (χ4n) is 2.89. The maximum atomic E-state index is 14.0. The molecule has 0 saturated carbocycles. The van der Waals surface area contributed by atoms with Gasteiger partial charge in [0.25, 0.3) is 0 Å². The standard InChI is InChI=1S/C17H14F3NO2/c1-11-6-5-7-12(10-11)16(17(18,19)20)21(2)14-9-4-3-8-13(14)15(22)23-16/h3-10H,1-2H3/t16-/m0/s1. The highest BCUT2D eigenvalue weighted by Gasteiger charge is 2.65. The van der Waals surface area contributed by atoms with E-state index in [9.17, 15) is 18.0 Å². The average Bonchev–Trinajstić information content (AvgIpc) is 2.50. The Kier molecular flexibility index (Phi) is 3.35. The molecule has 0 spiro atoms. The predicted octanol–water partition coefficient (Wildman–Crippen LogP) is 4.02. The van der Waals surface area contributed by atoms with E-state index in [1.807, 2.05) is 0 Å². The molecule has 0 radical (unpaired) electrons. The lowest BCUT2D eigenvalue weighted by molar-refractivity contribution is -0.265. The summed E-state index contributed by atoms with van der Waals surface area (Å²) in [7, 11) is 1.28. The highest BCUT2D eigenvalue weighted by molar-refractivity contribution is 5.98. The first-order valence-electron chi connectivity index (χ1n) is 6.97. The van der Waals surface area contributed by atoms with Crippen LogP contribution < -0.4 is 4.90 Å².